The monoisotopic (exact) mass is 391 g/mol. The van der Waals surface area contributed by atoms with E-state index in [1.807, 2.05) is 18.3 Å². The Kier molecular flexibility index (Phi) is 5.97. The maximum absolute atomic E-state index is 4.95. The van der Waals surface area contributed by atoms with E-state index >= 15 is 0 Å². The highest BCUT2D eigenvalue weighted by atomic mass is 15.2. The standard InChI is InChI=1S/C24H33N5/c1-5-20-21(6-2)29(15-8-14-27(3)4)22(26-20)17-28-16-12-19-11-10-18-9-7-13-25-23(18)24(19)28/h5-7,9,13,19,24H,1-2,8,10-12,14-17H2,3-4H3. The second-order valence-electron chi connectivity index (χ2n) is 8.57. The Labute approximate surface area is 174 Å². The Morgan fingerprint density at radius 1 is 1.24 bits per heavy atom. The topological polar surface area (TPSA) is 37.2 Å². The van der Waals surface area contributed by atoms with Gasteiger partial charge in [-0.15, -0.1) is 0 Å². The summed E-state index contributed by atoms with van der Waals surface area (Å²) in [6.45, 7) is 12.0. The van der Waals surface area contributed by atoms with Crippen LogP contribution in [0.4, 0.5) is 0 Å². The van der Waals surface area contributed by atoms with Crippen molar-refractivity contribution < 1.29 is 0 Å². The molecular weight excluding hydrogens is 358 g/mol. The maximum Gasteiger partial charge on any atom is 0.124 e. The zero-order valence-electron chi connectivity index (χ0n) is 17.8. The van der Waals surface area contributed by atoms with Crippen molar-refractivity contribution in [1.82, 2.24) is 24.3 Å². The zero-order valence-corrected chi connectivity index (χ0v) is 17.8. The maximum atomic E-state index is 4.95. The summed E-state index contributed by atoms with van der Waals surface area (Å²) in [5.41, 5.74) is 4.75. The number of pyridine rings is 1. The molecule has 1 fully saturated rings. The summed E-state index contributed by atoms with van der Waals surface area (Å²) in [5, 5.41) is 0. The predicted octanol–water partition coefficient (Wildman–Crippen LogP) is 4.03. The summed E-state index contributed by atoms with van der Waals surface area (Å²) >= 11 is 0. The number of imidazole rings is 1. The molecule has 0 bridgehead atoms. The van der Waals surface area contributed by atoms with Crippen LogP contribution < -0.4 is 0 Å². The van der Waals surface area contributed by atoms with Gasteiger partial charge >= 0.3 is 0 Å². The zero-order chi connectivity index (χ0) is 20.4. The van der Waals surface area contributed by atoms with Crippen LogP contribution in [0.5, 0.6) is 0 Å². The number of hydrogen-bond acceptors (Lipinski definition) is 4. The van der Waals surface area contributed by atoms with Gasteiger partial charge in [0.05, 0.1) is 29.7 Å². The molecule has 2 aromatic rings. The van der Waals surface area contributed by atoms with Gasteiger partial charge in [0.1, 0.15) is 5.82 Å². The van der Waals surface area contributed by atoms with Gasteiger partial charge in [0, 0.05) is 12.7 Å². The second kappa shape index (κ2) is 8.64. The average molecular weight is 392 g/mol. The predicted molar refractivity (Wildman–Crippen MR) is 119 cm³/mol. The average Bonchev–Trinajstić information content (AvgIpc) is 3.29. The van der Waals surface area contributed by atoms with E-state index in [4.69, 9.17) is 9.97 Å². The van der Waals surface area contributed by atoms with Gasteiger partial charge in [-0.2, -0.15) is 0 Å². The Morgan fingerprint density at radius 3 is 2.86 bits per heavy atom. The fraction of sp³-hybridized carbons (Fsp3) is 0.500. The molecule has 1 saturated heterocycles. The molecule has 0 N–H and O–H groups in total. The van der Waals surface area contributed by atoms with Crippen molar-refractivity contribution in [3.8, 4) is 0 Å². The molecule has 1 aliphatic heterocycles. The summed E-state index contributed by atoms with van der Waals surface area (Å²) in [6, 6.07) is 4.75. The van der Waals surface area contributed by atoms with E-state index in [0.717, 1.165) is 49.8 Å². The minimum atomic E-state index is 0.422. The number of aromatic nitrogens is 3. The van der Waals surface area contributed by atoms with Crippen molar-refractivity contribution in [3.05, 3.63) is 60.0 Å². The van der Waals surface area contributed by atoms with Gasteiger partial charge in [0.15, 0.2) is 0 Å². The summed E-state index contributed by atoms with van der Waals surface area (Å²) in [5.74, 6) is 1.84. The number of rotatable bonds is 8. The Balaban J connectivity index is 1.61. The largest absolute Gasteiger partial charge is 0.327 e. The van der Waals surface area contributed by atoms with Crippen LogP contribution in [-0.2, 0) is 19.5 Å². The molecule has 2 atom stereocenters. The van der Waals surface area contributed by atoms with E-state index in [0.29, 0.717) is 12.0 Å². The number of likely N-dealkylation sites (tertiary alicyclic amines) is 1. The van der Waals surface area contributed by atoms with E-state index in [9.17, 15) is 0 Å². The number of hydrogen-bond donors (Lipinski definition) is 0. The molecule has 2 aromatic heterocycles. The molecule has 0 amide bonds. The lowest BCUT2D eigenvalue weighted by molar-refractivity contribution is 0.194. The van der Waals surface area contributed by atoms with Crippen LogP contribution in [-0.4, -0.2) is 51.5 Å². The molecule has 0 spiro atoms. The van der Waals surface area contributed by atoms with E-state index in [2.05, 4.69) is 53.8 Å². The first-order valence-corrected chi connectivity index (χ1v) is 10.8. The Hall–Kier alpha value is -2.24. The first kappa shape index (κ1) is 20.0. The van der Waals surface area contributed by atoms with E-state index < -0.39 is 0 Å². The lowest BCUT2D eigenvalue weighted by atomic mass is 9.83. The molecule has 0 aromatic carbocycles. The van der Waals surface area contributed by atoms with Crippen LogP contribution in [0.1, 0.15) is 53.8 Å². The molecule has 2 unspecified atom stereocenters. The van der Waals surface area contributed by atoms with Gasteiger partial charge in [0.2, 0.25) is 0 Å². The van der Waals surface area contributed by atoms with Crippen LogP contribution in [0.2, 0.25) is 0 Å². The number of nitrogens with zero attached hydrogens (tertiary/aromatic N) is 5. The molecule has 29 heavy (non-hydrogen) atoms. The molecule has 0 saturated carbocycles. The van der Waals surface area contributed by atoms with Crippen molar-refractivity contribution in [2.24, 2.45) is 5.92 Å². The molecule has 5 heteroatoms. The fourth-order valence-corrected chi connectivity index (χ4v) is 5.07. The van der Waals surface area contributed by atoms with Gasteiger partial charge in [-0.25, -0.2) is 4.98 Å². The highest BCUT2D eigenvalue weighted by Crippen LogP contribution is 2.44. The first-order chi connectivity index (χ1) is 14.1. The molecule has 4 rings (SSSR count). The highest BCUT2D eigenvalue weighted by molar-refractivity contribution is 5.58. The third kappa shape index (κ3) is 3.94. The van der Waals surface area contributed by atoms with Crippen LogP contribution in [0.25, 0.3) is 12.2 Å². The van der Waals surface area contributed by atoms with Gasteiger partial charge in [-0.3, -0.25) is 9.88 Å². The van der Waals surface area contributed by atoms with Gasteiger partial charge in [-0.1, -0.05) is 19.2 Å². The SMILES string of the molecule is C=Cc1nc(CN2CCC3CCc4cccnc4C32)n(CCCN(C)C)c1C=C. The third-order valence-corrected chi connectivity index (χ3v) is 6.45. The van der Waals surface area contributed by atoms with Gasteiger partial charge in [-0.05, 0) is 82.6 Å². The molecule has 1 aliphatic carbocycles. The van der Waals surface area contributed by atoms with Crippen molar-refractivity contribution in [3.63, 3.8) is 0 Å². The van der Waals surface area contributed by atoms with Crippen molar-refractivity contribution in [2.45, 2.75) is 44.8 Å². The molecular formula is C24H33N5. The molecule has 154 valence electrons. The number of fused-ring (bicyclic) bond motifs is 3. The van der Waals surface area contributed by atoms with E-state index in [1.54, 1.807) is 0 Å². The molecule has 0 radical (unpaired) electrons. The quantitative estimate of drug-likeness (QED) is 0.681. The Morgan fingerprint density at radius 2 is 2.10 bits per heavy atom. The summed E-state index contributed by atoms with van der Waals surface area (Å²) in [6.07, 6.45) is 10.5. The van der Waals surface area contributed by atoms with E-state index in [-0.39, 0.29) is 0 Å². The highest BCUT2D eigenvalue weighted by Gasteiger charge is 2.40. The first-order valence-electron chi connectivity index (χ1n) is 10.8. The van der Waals surface area contributed by atoms with E-state index in [1.165, 1.54) is 30.5 Å². The minimum Gasteiger partial charge on any atom is -0.327 e. The van der Waals surface area contributed by atoms with Crippen molar-refractivity contribution in [1.29, 1.82) is 0 Å². The Bertz CT molecular complexity index is 881. The van der Waals surface area contributed by atoms with Crippen molar-refractivity contribution >= 4 is 12.2 Å². The summed E-state index contributed by atoms with van der Waals surface area (Å²) < 4.78 is 2.35. The fourth-order valence-electron chi connectivity index (χ4n) is 5.07. The molecule has 3 heterocycles. The lowest BCUT2D eigenvalue weighted by Crippen LogP contribution is -2.30. The smallest absolute Gasteiger partial charge is 0.124 e. The van der Waals surface area contributed by atoms with Gasteiger partial charge < -0.3 is 9.47 Å². The summed E-state index contributed by atoms with van der Waals surface area (Å²) in [4.78, 5) is 14.6. The molecule has 2 aliphatic rings. The van der Waals surface area contributed by atoms with Crippen LogP contribution in [0.15, 0.2) is 31.5 Å². The molecule has 5 nitrogen and oxygen atoms in total. The van der Waals surface area contributed by atoms with Crippen LogP contribution >= 0.6 is 0 Å². The lowest BCUT2D eigenvalue weighted by Gasteiger charge is -2.32. The summed E-state index contributed by atoms with van der Waals surface area (Å²) in [7, 11) is 4.24. The van der Waals surface area contributed by atoms with Crippen molar-refractivity contribution in [2.75, 3.05) is 27.2 Å². The number of aryl methyl sites for hydroxylation is 1. The third-order valence-electron chi connectivity index (χ3n) is 6.45. The normalized spacial score (nSPS) is 21.2. The minimum absolute atomic E-state index is 0.422. The van der Waals surface area contributed by atoms with Crippen LogP contribution in [0.3, 0.4) is 0 Å². The second-order valence-corrected chi connectivity index (χ2v) is 8.57. The van der Waals surface area contributed by atoms with Crippen LogP contribution in [0, 0.1) is 5.92 Å². The van der Waals surface area contributed by atoms with Gasteiger partial charge in [0.25, 0.3) is 0 Å².